The molecule has 2 N–H and O–H groups in total. The van der Waals surface area contributed by atoms with Crippen molar-refractivity contribution in [1.82, 2.24) is 4.90 Å². The molecule has 2 aliphatic rings. The molecule has 0 radical (unpaired) electrons. The number of carbonyl (C=O) groups excluding carboxylic acids is 1. The molecule has 1 aromatic rings. The Bertz CT molecular complexity index is 545. The van der Waals surface area contributed by atoms with E-state index in [1.807, 2.05) is 23.1 Å². The second-order valence-corrected chi connectivity index (χ2v) is 6.82. The molecule has 0 bridgehead atoms. The molecular weight excluding hydrogens is 335 g/mol. The topological polar surface area (TPSA) is 55.6 Å². The van der Waals surface area contributed by atoms with Gasteiger partial charge in [0.25, 0.3) is 0 Å². The van der Waals surface area contributed by atoms with Crippen LogP contribution >= 0.6 is 24.0 Å². The summed E-state index contributed by atoms with van der Waals surface area (Å²) in [5.74, 6) is 0. The van der Waals surface area contributed by atoms with Gasteiger partial charge in [-0.1, -0.05) is 23.7 Å². The smallest absolute Gasteiger partial charge is 0.410 e. The van der Waals surface area contributed by atoms with Gasteiger partial charge in [0, 0.05) is 29.6 Å². The van der Waals surface area contributed by atoms with Crippen molar-refractivity contribution < 1.29 is 9.53 Å². The van der Waals surface area contributed by atoms with Gasteiger partial charge in [0.15, 0.2) is 0 Å². The van der Waals surface area contributed by atoms with Crippen molar-refractivity contribution >= 4 is 30.1 Å². The maximum absolute atomic E-state index is 11.9. The van der Waals surface area contributed by atoms with Gasteiger partial charge in [-0.25, -0.2) is 4.79 Å². The molecule has 1 aliphatic heterocycles. The van der Waals surface area contributed by atoms with Crippen molar-refractivity contribution in [3.8, 4) is 0 Å². The lowest BCUT2D eigenvalue weighted by Crippen LogP contribution is -2.49. The maximum atomic E-state index is 11.9. The summed E-state index contributed by atoms with van der Waals surface area (Å²) in [4.78, 5) is 13.8. The number of carbonyl (C=O) groups is 1. The van der Waals surface area contributed by atoms with Gasteiger partial charge in [-0.15, -0.1) is 12.4 Å². The molecule has 4 nitrogen and oxygen atoms in total. The van der Waals surface area contributed by atoms with Crippen LogP contribution in [0.4, 0.5) is 4.79 Å². The van der Waals surface area contributed by atoms with Crippen molar-refractivity contribution in [3.63, 3.8) is 0 Å². The van der Waals surface area contributed by atoms with Gasteiger partial charge >= 0.3 is 6.09 Å². The van der Waals surface area contributed by atoms with Crippen LogP contribution in [0.2, 0.25) is 5.02 Å². The number of hydrogen-bond donors (Lipinski definition) is 1. The number of halogens is 2. The average molecular weight is 359 g/mol. The van der Waals surface area contributed by atoms with Gasteiger partial charge in [-0.2, -0.15) is 0 Å². The van der Waals surface area contributed by atoms with Crippen molar-refractivity contribution in [2.45, 2.75) is 43.6 Å². The van der Waals surface area contributed by atoms with Gasteiger partial charge in [0.1, 0.15) is 0 Å². The lowest BCUT2D eigenvalue weighted by atomic mass is 9.68. The summed E-state index contributed by atoms with van der Waals surface area (Å²) in [6, 6.07) is 8.32. The number of ether oxygens (including phenoxy) is 1. The van der Waals surface area contributed by atoms with E-state index in [1.165, 1.54) is 5.56 Å². The zero-order valence-electron chi connectivity index (χ0n) is 13.2. The molecule has 6 heteroatoms. The highest BCUT2D eigenvalue weighted by atomic mass is 35.5. The summed E-state index contributed by atoms with van der Waals surface area (Å²) >= 11 is 6.14. The van der Waals surface area contributed by atoms with E-state index < -0.39 is 0 Å². The Hall–Kier alpha value is -0.970. The monoisotopic (exact) mass is 358 g/mol. The first-order valence-electron chi connectivity index (χ1n) is 8.04. The minimum atomic E-state index is -0.153. The summed E-state index contributed by atoms with van der Waals surface area (Å²) in [6.45, 7) is 1.98. The Balaban J connectivity index is 0.00000192. The lowest BCUT2D eigenvalue weighted by Gasteiger charge is -2.44. The van der Waals surface area contributed by atoms with E-state index in [2.05, 4.69) is 6.07 Å². The fourth-order valence-electron chi connectivity index (χ4n) is 3.80. The number of nitrogens with two attached hydrogens (primary N) is 1. The van der Waals surface area contributed by atoms with E-state index in [4.69, 9.17) is 22.1 Å². The number of benzene rings is 1. The second-order valence-electron chi connectivity index (χ2n) is 6.39. The number of hydrogen-bond acceptors (Lipinski definition) is 3. The van der Waals surface area contributed by atoms with Gasteiger partial charge in [0.2, 0.25) is 0 Å². The Morgan fingerprint density at radius 1 is 1.35 bits per heavy atom. The number of nitrogens with zero attached hydrogens (tertiary/aromatic N) is 1. The molecule has 2 fully saturated rings. The highest BCUT2D eigenvalue weighted by Gasteiger charge is 2.39. The number of rotatable bonds is 3. The number of amides is 1. The first-order chi connectivity index (χ1) is 10.6. The van der Waals surface area contributed by atoms with E-state index in [0.717, 1.165) is 43.7 Å². The summed E-state index contributed by atoms with van der Waals surface area (Å²) in [5.41, 5.74) is 7.33. The lowest BCUT2D eigenvalue weighted by molar-refractivity contribution is 0.0407. The first kappa shape index (κ1) is 18.4. The summed E-state index contributed by atoms with van der Waals surface area (Å²) in [7, 11) is 0. The molecular formula is C17H24Cl2N2O2. The van der Waals surface area contributed by atoms with E-state index in [-0.39, 0.29) is 30.0 Å². The highest BCUT2D eigenvalue weighted by Crippen LogP contribution is 2.41. The van der Waals surface area contributed by atoms with Gasteiger partial charge in [-0.05, 0) is 49.8 Å². The molecule has 128 valence electrons. The van der Waals surface area contributed by atoms with Crippen LogP contribution in [-0.2, 0) is 10.2 Å². The van der Waals surface area contributed by atoms with Gasteiger partial charge in [0.05, 0.1) is 6.61 Å². The van der Waals surface area contributed by atoms with Crippen LogP contribution in [-0.4, -0.2) is 36.7 Å². The van der Waals surface area contributed by atoms with Crippen LogP contribution in [0.5, 0.6) is 0 Å². The quantitative estimate of drug-likeness (QED) is 0.894. The van der Waals surface area contributed by atoms with Crippen molar-refractivity contribution in [2.75, 3.05) is 19.7 Å². The van der Waals surface area contributed by atoms with Crippen molar-refractivity contribution in [1.29, 1.82) is 0 Å². The molecule has 3 rings (SSSR count). The Kier molecular flexibility index (Phi) is 6.18. The van der Waals surface area contributed by atoms with E-state index in [0.29, 0.717) is 13.2 Å². The molecule has 1 saturated carbocycles. The van der Waals surface area contributed by atoms with E-state index in [1.54, 1.807) is 0 Å². The molecule has 0 unspecified atom stereocenters. The summed E-state index contributed by atoms with van der Waals surface area (Å²) in [5, 5.41) is 0.757. The third-order valence-electron chi connectivity index (χ3n) is 5.18. The minimum absolute atomic E-state index is 0. The fourth-order valence-corrected chi connectivity index (χ4v) is 3.99. The minimum Gasteiger partial charge on any atom is -0.449 e. The first-order valence-corrected chi connectivity index (χ1v) is 8.42. The molecule has 23 heavy (non-hydrogen) atoms. The third kappa shape index (κ3) is 3.76. The van der Waals surface area contributed by atoms with E-state index in [9.17, 15) is 4.79 Å². The molecule has 1 amide bonds. The maximum Gasteiger partial charge on any atom is 0.410 e. The molecule has 1 aromatic carbocycles. The largest absolute Gasteiger partial charge is 0.449 e. The molecule has 0 atom stereocenters. The fraction of sp³-hybridized carbons (Fsp3) is 0.588. The standard InChI is InChI=1S/C17H23ClN2O2.ClH/c18-14-4-1-3-13(11-14)17(12-19)7-5-15(6-8-17)20-9-2-10-22-16(20)21;/h1,3-4,11,15H,2,5-10,12,19H2;1H. The van der Waals surface area contributed by atoms with Crippen LogP contribution in [0.25, 0.3) is 0 Å². The summed E-state index contributed by atoms with van der Waals surface area (Å²) < 4.78 is 5.17. The van der Waals surface area contributed by atoms with Crippen molar-refractivity contribution in [2.24, 2.45) is 5.73 Å². The van der Waals surface area contributed by atoms with Crippen LogP contribution in [0.3, 0.4) is 0 Å². The molecule has 0 aromatic heterocycles. The Labute approximate surface area is 148 Å². The zero-order valence-corrected chi connectivity index (χ0v) is 14.7. The predicted molar refractivity (Wildman–Crippen MR) is 94.4 cm³/mol. The van der Waals surface area contributed by atoms with Gasteiger partial charge in [-0.3, -0.25) is 0 Å². The van der Waals surface area contributed by atoms with Crippen LogP contribution in [0.1, 0.15) is 37.7 Å². The molecule has 1 heterocycles. The molecule has 1 aliphatic carbocycles. The zero-order chi connectivity index (χ0) is 15.6. The second kappa shape index (κ2) is 7.73. The average Bonchev–Trinajstić information content (AvgIpc) is 2.55. The van der Waals surface area contributed by atoms with Crippen molar-refractivity contribution in [3.05, 3.63) is 34.9 Å². The van der Waals surface area contributed by atoms with Crippen LogP contribution in [0, 0.1) is 0 Å². The predicted octanol–water partition coefficient (Wildman–Crippen LogP) is 3.74. The number of cyclic esters (lactones) is 1. The summed E-state index contributed by atoms with van der Waals surface area (Å²) in [6.07, 6.45) is 4.69. The Morgan fingerprint density at radius 2 is 2.09 bits per heavy atom. The van der Waals surface area contributed by atoms with E-state index >= 15 is 0 Å². The third-order valence-corrected chi connectivity index (χ3v) is 5.42. The Morgan fingerprint density at radius 3 is 2.70 bits per heavy atom. The normalized spacial score (nSPS) is 28.0. The molecule has 1 saturated heterocycles. The highest BCUT2D eigenvalue weighted by molar-refractivity contribution is 6.30. The van der Waals surface area contributed by atoms with Crippen LogP contribution < -0.4 is 5.73 Å². The van der Waals surface area contributed by atoms with Crippen LogP contribution in [0.15, 0.2) is 24.3 Å². The SMILES string of the molecule is Cl.NCC1(c2cccc(Cl)c2)CCC(N2CCCOC2=O)CC1. The van der Waals surface area contributed by atoms with Gasteiger partial charge < -0.3 is 15.4 Å². The molecule has 0 spiro atoms.